The van der Waals surface area contributed by atoms with E-state index in [0.29, 0.717) is 37.0 Å². The molecule has 1 saturated heterocycles. The van der Waals surface area contributed by atoms with E-state index >= 15 is 0 Å². The van der Waals surface area contributed by atoms with Crippen LogP contribution in [0.3, 0.4) is 0 Å². The first kappa shape index (κ1) is 24.7. The standard InChI is InChI=1S/C22H32N8O2S/c1-3-17-21(27-15-7-12-32-13-8-15)30-22(19(29-17)20(23)31)28-16-6-11-25-18(14-16)24-9-5-10-26-33-4-2/h4,6,11,14-15,26H,2-3,5,7-10,12-13H2,1H3,(H2,23,31)(H3,24,25,27,28,30). The Morgan fingerprint density at radius 1 is 1.30 bits per heavy atom. The lowest BCUT2D eigenvalue weighted by atomic mass is 10.1. The summed E-state index contributed by atoms with van der Waals surface area (Å²) in [5.41, 5.74) is 7.16. The topological polar surface area (TPSA) is 139 Å². The number of amides is 1. The maximum absolute atomic E-state index is 12.1. The molecule has 0 bridgehead atoms. The molecular weight excluding hydrogens is 440 g/mol. The van der Waals surface area contributed by atoms with Crippen LogP contribution in [-0.2, 0) is 11.2 Å². The van der Waals surface area contributed by atoms with Crippen LogP contribution in [0.4, 0.5) is 23.1 Å². The van der Waals surface area contributed by atoms with Crippen LogP contribution in [0.2, 0.25) is 0 Å². The van der Waals surface area contributed by atoms with Crippen LogP contribution in [-0.4, -0.2) is 53.2 Å². The fraction of sp³-hybridized carbons (Fsp3) is 0.455. The summed E-state index contributed by atoms with van der Waals surface area (Å²) in [6.45, 7) is 8.67. The molecule has 0 radical (unpaired) electrons. The maximum atomic E-state index is 12.1. The molecule has 10 nitrogen and oxygen atoms in total. The van der Waals surface area contributed by atoms with Gasteiger partial charge in [-0.3, -0.25) is 9.52 Å². The van der Waals surface area contributed by atoms with Crippen molar-refractivity contribution < 1.29 is 9.53 Å². The Hall–Kier alpha value is -2.89. The molecule has 3 rings (SSSR count). The number of aromatic nitrogens is 3. The number of aryl methyl sites for hydroxylation is 1. The summed E-state index contributed by atoms with van der Waals surface area (Å²) in [4.78, 5) is 25.7. The normalized spacial score (nSPS) is 14.0. The highest BCUT2D eigenvalue weighted by Gasteiger charge is 2.20. The van der Waals surface area contributed by atoms with E-state index in [2.05, 4.69) is 37.2 Å². The van der Waals surface area contributed by atoms with Crippen LogP contribution in [0.25, 0.3) is 0 Å². The van der Waals surface area contributed by atoms with E-state index in [1.165, 1.54) is 11.9 Å². The van der Waals surface area contributed by atoms with Crippen molar-refractivity contribution in [2.75, 3.05) is 42.3 Å². The van der Waals surface area contributed by atoms with E-state index in [-0.39, 0.29) is 11.7 Å². The highest BCUT2D eigenvalue weighted by atomic mass is 32.2. The van der Waals surface area contributed by atoms with Gasteiger partial charge in [0.05, 0.1) is 5.69 Å². The Kier molecular flexibility index (Phi) is 9.73. The van der Waals surface area contributed by atoms with Gasteiger partial charge in [0, 0.05) is 50.3 Å². The highest BCUT2D eigenvalue weighted by molar-refractivity contribution is 8.00. The average Bonchev–Trinajstić information content (AvgIpc) is 2.82. The summed E-state index contributed by atoms with van der Waals surface area (Å²) in [5, 5.41) is 11.7. The van der Waals surface area contributed by atoms with Crippen molar-refractivity contribution in [3.05, 3.63) is 41.7 Å². The van der Waals surface area contributed by atoms with Gasteiger partial charge in [0.1, 0.15) is 5.82 Å². The van der Waals surface area contributed by atoms with Crippen LogP contribution < -0.4 is 26.4 Å². The van der Waals surface area contributed by atoms with Crippen molar-refractivity contribution in [1.29, 1.82) is 0 Å². The number of hydrogen-bond donors (Lipinski definition) is 5. The molecule has 178 valence electrons. The summed E-state index contributed by atoms with van der Waals surface area (Å²) in [5.74, 6) is 1.07. The first-order valence-corrected chi connectivity index (χ1v) is 12.0. The van der Waals surface area contributed by atoms with Crippen molar-refractivity contribution >= 4 is 41.0 Å². The summed E-state index contributed by atoms with van der Waals surface area (Å²) in [6, 6.07) is 3.92. The second-order valence-corrected chi connectivity index (χ2v) is 8.34. The molecule has 1 aliphatic heterocycles. The fourth-order valence-electron chi connectivity index (χ4n) is 3.36. The van der Waals surface area contributed by atoms with Crippen molar-refractivity contribution in [1.82, 2.24) is 19.7 Å². The monoisotopic (exact) mass is 472 g/mol. The van der Waals surface area contributed by atoms with Gasteiger partial charge in [-0.05, 0) is 37.2 Å². The maximum Gasteiger partial charge on any atom is 0.271 e. The van der Waals surface area contributed by atoms with Gasteiger partial charge in [-0.25, -0.2) is 15.0 Å². The van der Waals surface area contributed by atoms with Crippen LogP contribution in [0.1, 0.15) is 42.4 Å². The van der Waals surface area contributed by atoms with Crippen molar-refractivity contribution in [3.63, 3.8) is 0 Å². The van der Waals surface area contributed by atoms with Gasteiger partial charge in [-0.15, -0.1) is 0 Å². The van der Waals surface area contributed by atoms with Gasteiger partial charge < -0.3 is 26.4 Å². The summed E-state index contributed by atoms with van der Waals surface area (Å²) < 4.78 is 8.62. The molecule has 0 aromatic carbocycles. The molecule has 0 atom stereocenters. The molecule has 1 amide bonds. The smallest absolute Gasteiger partial charge is 0.271 e. The second-order valence-electron chi connectivity index (χ2n) is 7.48. The zero-order chi connectivity index (χ0) is 23.5. The lowest BCUT2D eigenvalue weighted by Crippen LogP contribution is -2.29. The molecule has 0 saturated carbocycles. The second kappa shape index (κ2) is 13.0. The van der Waals surface area contributed by atoms with E-state index in [1.54, 1.807) is 17.7 Å². The Balaban J connectivity index is 1.73. The van der Waals surface area contributed by atoms with Crippen molar-refractivity contribution in [3.8, 4) is 0 Å². The highest BCUT2D eigenvalue weighted by Crippen LogP contribution is 2.25. The summed E-state index contributed by atoms with van der Waals surface area (Å²) >= 11 is 1.47. The van der Waals surface area contributed by atoms with Gasteiger partial charge in [0.15, 0.2) is 17.3 Å². The average molecular weight is 473 g/mol. The van der Waals surface area contributed by atoms with Crippen molar-refractivity contribution in [2.24, 2.45) is 5.73 Å². The van der Waals surface area contributed by atoms with E-state index < -0.39 is 5.91 Å². The molecule has 3 heterocycles. The minimum Gasteiger partial charge on any atom is -0.381 e. The van der Waals surface area contributed by atoms with Crippen molar-refractivity contribution in [2.45, 2.75) is 38.6 Å². The quantitative estimate of drug-likeness (QED) is 0.218. The largest absolute Gasteiger partial charge is 0.381 e. The summed E-state index contributed by atoms with van der Waals surface area (Å²) in [6.07, 6.45) is 5.04. The molecule has 0 unspecified atom stereocenters. The number of anilines is 4. The van der Waals surface area contributed by atoms with E-state index in [4.69, 9.17) is 15.5 Å². The molecule has 2 aromatic rings. The third kappa shape index (κ3) is 7.58. The predicted molar refractivity (Wildman–Crippen MR) is 134 cm³/mol. The van der Waals surface area contributed by atoms with Crippen LogP contribution >= 0.6 is 11.9 Å². The van der Waals surface area contributed by atoms with E-state index in [0.717, 1.165) is 43.9 Å². The third-order valence-corrected chi connectivity index (χ3v) is 5.59. The number of nitrogens with two attached hydrogens (primary N) is 1. The number of pyridine rings is 1. The number of nitrogens with zero attached hydrogens (tertiary/aromatic N) is 3. The Morgan fingerprint density at radius 3 is 2.85 bits per heavy atom. The minimum absolute atomic E-state index is 0.112. The number of rotatable bonds is 13. The number of primary amides is 1. The van der Waals surface area contributed by atoms with Gasteiger partial charge in [0.25, 0.3) is 5.91 Å². The predicted octanol–water partition coefficient (Wildman–Crippen LogP) is 3.05. The molecule has 6 N–H and O–H groups in total. The minimum atomic E-state index is -0.630. The van der Waals surface area contributed by atoms with Gasteiger partial charge >= 0.3 is 0 Å². The Morgan fingerprint density at radius 2 is 2.12 bits per heavy atom. The fourth-order valence-corrected chi connectivity index (χ4v) is 3.74. The zero-order valence-electron chi connectivity index (χ0n) is 18.9. The number of nitrogens with one attached hydrogen (secondary N) is 4. The molecular formula is C22H32N8O2S. The SMILES string of the molecule is C=CSNCCCNc1cc(Nc2nc(NC3CCOCC3)c(CC)nc2C(N)=O)ccn1. The van der Waals surface area contributed by atoms with E-state index in [1.807, 2.05) is 13.0 Å². The Bertz CT molecular complexity index is 937. The molecule has 2 aromatic heterocycles. The number of hydrogen-bond acceptors (Lipinski definition) is 10. The summed E-state index contributed by atoms with van der Waals surface area (Å²) in [7, 11) is 0. The lowest BCUT2D eigenvalue weighted by Gasteiger charge is -2.25. The molecule has 1 fully saturated rings. The van der Waals surface area contributed by atoms with Crippen LogP contribution in [0.5, 0.6) is 0 Å². The number of ether oxygens (including phenoxy) is 1. The molecule has 33 heavy (non-hydrogen) atoms. The van der Waals surface area contributed by atoms with Crippen LogP contribution in [0.15, 0.2) is 30.3 Å². The lowest BCUT2D eigenvalue weighted by molar-refractivity contribution is 0.0903. The van der Waals surface area contributed by atoms with Gasteiger partial charge in [0.2, 0.25) is 0 Å². The van der Waals surface area contributed by atoms with E-state index in [9.17, 15) is 4.79 Å². The Labute approximate surface area is 198 Å². The van der Waals surface area contributed by atoms with Gasteiger partial charge in [-0.2, -0.15) is 0 Å². The zero-order valence-corrected chi connectivity index (χ0v) is 19.7. The molecule has 1 aliphatic rings. The third-order valence-electron chi connectivity index (χ3n) is 5.05. The van der Waals surface area contributed by atoms with Crippen LogP contribution in [0, 0.1) is 0 Å². The molecule has 0 aliphatic carbocycles. The first-order chi connectivity index (χ1) is 16.1. The number of carbonyl (C=O) groups is 1. The number of carbonyl (C=O) groups excluding carboxylic acids is 1. The molecule has 0 spiro atoms. The first-order valence-electron chi connectivity index (χ1n) is 11.1. The molecule has 11 heteroatoms. The van der Waals surface area contributed by atoms with Gasteiger partial charge in [-0.1, -0.05) is 25.5 Å².